The van der Waals surface area contributed by atoms with Crippen LogP contribution in [0.15, 0.2) is 29.2 Å². The summed E-state index contributed by atoms with van der Waals surface area (Å²) in [5.41, 5.74) is 1.39. The first kappa shape index (κ1) is 12.2. The second-order valence-corrected chi connectivity index (χ2v) is 5.39. The van der Waals surface area contributed by atoms with Gasteiger partial charge in [-0.1, -0.05) is 13.8 Å². The first-order chi connectivity index (χ1) is 8.25. The highest BCUT2D eigenvalue weighted by Gasteiger charge is 2.03. The minimum atomic E-state index is 0.640. The number of nitrogens with zero attached hydrogens (tertiary/aromatic N) is 2. The third-order valence-corrected chi connectivity index (χ3v) is 3.29. The first-order valence-electron chi connectivity index (χ1n) is 6.02. The van der Waals surface area contributed by atoms with Crippen molar-refractivity contribution in [1.82, 2.24) is 9.55 Å². The molecule has 2 heterocycles. The van der Waals surface area contributed by atoms with Crippen LogP contribution < -0.4 is 5.32 Å². The SMILES string of the molecule is CC(C)Cn1ccnc1NCCc1ccsc1. The molecule has 0 radical (unpaired) electrons. The predicted octanol–water partition coefficient (Wildman–Crippen LogP) is 3.26. The minimum absolute atomic E-state index is 0.640. The molecule has 0 fully saturated rings. The fourth-order valence-corrected chi connectivity index (χ4v) is 2.47. The summed E-state index contributed by atoms with van der Waals surface area (Å²) in [4.78, 5) is 4.34. The van der Waals surface area contributed by atoms with Crippen molar-refractivity contribution in [2.75, 3.05) is 11.9 Å². The second kappa shape index (κ2) is 5.87. The van der Waals surface area contributed by atoms with Crippen LogP contribution in [0, 0.1) is 5.92 Å². The van der Waals surface area contributed by atoms with Gasteiger partial charge < -0.3 is 9.88 Å². The van der Waals surface area contributed by atoms with E-state index in [1.165, 1.54) is 5.56 Å². The van der Waals surface area contributed by atoms with Gasteiger partial charge in [0.1, 0.15) is 0 Å². The van der Waals surface area contributed by atoms with Gasteiger partial charge in [0.05, 0.1) is 0 Å². The summed E-state index contributed by atoms with van der Waals surface area (Å²) in [6.45, 7) is 6.39. The molecule has 2 aromatic rings. The number of anilines is 1. The number of imidazole rings is 1. The summed E-state index contributed by atoms with van der Waals surface area (Å²) in [6, 6.07) is 2.17. The number of thiophene rings is 1. The van der Waals surface area contributed by atoms with Crippen molar-refractivity contribution in [3.8, 4) is 0 Å². The fourth-order valence-electron chi connectivity index (χ4n) is 1.77. The lowest BCUT2D eigenvalue weighted by Crippen LogP contribution is -2.12. The minimum Gasteiger partial charge on any atom is -0.355 e. The average molecular weight is 249 g/mol. The quantitative estimate of drug-likeness (QED) is 0.851. The van der Waals surface area contributed by atoms with Gasteiger partial charge in [0.15, 0.2) is 0 Å². The Morgan fingerprint density at radius 2 is 2.35 bits per heavy atom. The lowest BCUT2D eigenvalue weighted by molar-refractivity contribution is 0.526. The Morgan fingerprint density at radius 1 is 1.47 bits per heavy atom. The number of hydrogen-bond acceptors (Lipinski definition) is 3. The zero-order valence-electron chi connectivity index (χ0n) is 10.4. The van der Waals surface area contributed by atoms with Crippen molar-refractivity contribution >= 4 is 17.3 Å². The van der Waals surface area contributed by atoms with Crippen molar-refractivity contribution in [3.63, 3.8) is 0 Å². The molecule has 17 heavy (non-hydrogen) atoms. The van der Waals surface area contributed by atoms with Crippen LogP contribution in [0.3, 0.4) is 0 Å². The zero-order valence-corrected chi connectivity index (χ0v) is 11.2. The second-order valence-electron chi connectivity index (χ2n) is 4.61. The molecule has 2 rings (SSSR count). The molecule has 0 aliphatic heterocycles. The average Bonchev–Trinajstić information content (AvgIpc) is 2.90. The molecule has 0 amide bonds. The monoisotopic (exact) mass is 249 g/mol. The Labute approximate surface area is 107 Å². The molecule has 92 valence electrons. The summed E-state index contributed by atoms with van der Waals surface area (Å²) >= 11 is 1.75. The molecular weight excluding hydrogens is 230 g/mol. The van der Waals surface area contributed by atoms with E-state index in [2.05, 4.69) is 45.5 Å². The van der Waals surface area contributed by atoms with Gasteiger partial charge in [0.25, 0.3) is 0 Å². The number of hydrogen-bond donors (Lipinski definition) is 1. The Hall–Kier alpha value is -1.29. The van der Waals surface area contributed by atoms with Gasteiger partial charge in [-0.25, -0.2) is 4.98 Å². The van der Waals surface area contributed by atoms with E-state index in [-0.39, 0.29) is 0 Å². The molecule has 4 heteroatoms. The molecule has 0 aromatic carbocycles. The normalized spacial score (nSPS) is 11.0. The van der Waals surface area contributed by atoms with E-state index in [1.807, 2.05) is 12.4 Å². The van der Waals surface area contributed by atoms with Gasteiger partial charge in [-0.2, -0.15) is 11.3 Å². The number of aromatic nitrogens is 2. The molecule has 0 saturated heterocycles. The Morgan fingerprint density at radius 3 is 3.06 bits per heavy atom. The molecule has 0 unspecified atom stereocenters. The van der Waals surface area contributed by atoms with E-state index in [0.717, 1.165) is 25.5 Å². The smallest absolute Gasteiger partial charge is 0.202 e. The Kier molecular flexibility index (Phi) is 4.20. The van der Waals surface area contributed by atoms with Crippen molar-refractivity contribution in [2.45, 2.75) is 26.8 Å². The molecule has 0 spiro atoms. The molecule has 0 aliphatic rings. The zero-order chi connectivity index (χ0) is 12.1. The van der Waals surface area contributed by atoms with E-state index >= 15 is 0 Å². The van der Waals surface area contributed by atoms with Gasteiger partial charge >= 0.3 is 0 Å². The van der Waals surface area contributed by atoms with Gasteiger partial charge in [0.2, 0.25) is 5.95 Å². The molecule has 1 N–H and O–H groups in total. The summed E-state index contributed by atoms with van der Waals surface area (Å²) in [5, 5.41) is 7.71. The number of nitrogens with one attached hydrogen (secondary N) is 1. The maximum absolute atomic E-state index is 4.34. The third-order valence-electron chi connectivity index (χ3n) is 2.55. The van der Waals surface area contributed by atoms with Crippen molar-refractivity contribution in [2.24, 2.45) is 5.92 Å². The van der Waals surface area contributed by atoms with E-state index in [4.69, 9.17) is 0 Å². The molecule has 0 atom stereocenters. The van der Waals surface area contributed by atoms with Gasteiger partial charge in [0, 0.05) is 25.5 Å². The Bertz CT molecular complexity index is 431. The van der Waals surface area contributed by atoms with E-state index < -0.39 is 0 Å². The first-order valence-corrected chi connectivity index (χ1v) is 6.96. The topological polar surface area (TPSA) is 29.9 Å². The van der Waals surface area contributed by atoms with Crippen molar-refractivity contribution in [3.05, 3.63) is 34.8 Å². The van der Waals surface area contributed by atoms with E-state index in [9.17, 15) is 0 Å². The van der Waals surface area contributed by atoms with E-state index in [0.29, 0.717) is 5.92 Å². The maximum Gasteiger partial charge on any atom is 0.202 e. The molecule has 0 aliphatic carbocycles. The van der Waals surface area contributed by atoms with Crippen LogP contribution in [-0.4, -0.2) is 16.1 Å². The molecule has 0 saturated carbocycles. The Balaban J connectivity index is 1.84. The molecule has 3 nitrogen and oxygen atoms in total. The predicted molar refractivity (Wildman–Crippen MR) is 73.6 cm³/mol. The highest BCUT2D eigenvalue weighted by Crippen LogP contribution is 2.10. The third kappa shape index (κ3) is 3.60. The van der Waals surface area contributed by atoms with Crippen LogP contribution in [0.4, 0.5) is 5.95 Å². The van der Waals surface area contributed by atoms with Crippen LogP contribution in [-0.2, 0) is 13.0 Å². The number of rotatable bonds is 6. The standard InChI is InChI=1S/C13H19N3S/c1-11(2)9-16-7-6-15-13(16)14-5-3-12-4-8-17-10-12/h4,6-8,10-11H,3,5,9H2,1-2H3,(H,14,15). The summed E-state index contributed by atoms with van der Waals surface area (Å²) in [5.74, 6) is 1.62. The van der Waals surface area contributed by atoms with Gasteiger partial charge in [-0.05, 0) is 34.7 Å². The molecule has 0 bridgehead atoms. The van der Waals surface area contributed by atoms with Crippen molar-refractivity contribution < 1.29 is 0 Å². The van der Waals surface area contributed by atoms with Crippen LogP contribution >= 0.6 is 11.3 Å². The largest absolute Gasteiger partial charge is 0.355 e. The van der Waals surface area contributed by atoms with Gasteiger partial charge in [-0.15, -0.1) is 0 Å². The molecular formula is C13H19N3S. The highest BCUT2D eigenvalue weighted by atomic mass is 32.1. The summed E-state index contributed by atoms with van der Waals surface area (Å²) < 4.78 is 2.18. The van der Waals surface area contributed by atoms with Crippen LogP contribution in [0.2, 0.25) is 0 Å². The van der Waals surface area contributed by atoms with E-state index in [1.54, 1.807) is 11.3 Å². The summed E-state index contributed by atoms with van der Waals surface area (Å²) in [7, 11) is 0. The van der Waals surface area contributed by atoms with Crippen LogP contribution in [0.1, 0.15) is 19.4 Å². The van der Waals surface area contributed by atoms with Gasteiger partial charge in [-0.3, -0.25) is 0 Å². The van der Waals surface area contributed by atoms with Crippen LogP contribution in [0.25, 0.3) is 0 Å². The fraction of sp³-hybridized carbons (Fsp3) is 0.462. The van der Waals surface area contributed by atoms with Crippen LogP contribution in [0.5, 0.6) is 0 Å². The summed E-state index contributed by atoms with van der Waals surface area (Å²) in [6.07, 6.45) is 4.94. The maximum atomic E-state index is 4.34. The lowest BCUT2D eigenvalue weighted by atomic mass is 10.2. The van der Waals surface area contributed by atoms with Crippen molar-refractivity contribution in [1.29, 1.82) is 0 Å². The lowest BCUT2D eigenvalue weighted by Gasteiger charge is -2.11. The highest BCUT2D eigenvalue weighted by molar-refractivity contribution is 7.07. The molecule has 2 aromatic heterocycles.